The Labute approximate surface area is 143 Å². The van der Waals surface area contributed by atoms with Crippen LogP contribution >= 0.6 is 38.9 Å². The van der Waals surface area contributed by atoms with Gasteiger partial charge in [0.15, 0.2) is 0 Å². The van der Waals surface area contributed by atoms with E-state index in [1.54, 1.807) is 0 Å². The summed E-state index contributed by atoms with van der Waals surface area (Å²) in [6.45, 7) is 6.89. The molecule has 1 aromatic carbocycles. The van der Waals surface area contributed by atoms with Gasteiger partial charge in [0.25, 0.3) is 0 Å². The van der Waals surface area contributed by atoms with Gasteiger partial charge >= 0.3 is 0 Å². The second kappa shape index (κ2) is 8.18. The largest absolute Gasteiger partial charge is 0.488 e. The molecule has 0 bridgehead atoms. The Morgan fingerprint density at radius 2 is 2.14 bits per heavy atom. The number of benzene rings is 1. The van der Waals surface area contributed by atoms with Gasteiger partial charge in [-0.3, -0.25) is 0 Å². The number of hydrogen-bond acceptors (Lipinski definition) is 3. The first-order valence-corrected chi connectivity index (χ1v) is 8.95. The van der Waals surface area contributed by atoms with Crippen molar-refractivity contribution in [3.63, 3.8) is 0 Å². The molecule has 0 aliphatic rings. The van der Waals surface area contributed by atoms with Crippen LogP contribution in [-0.4, -0.2) is 6.54 Å². The quantitative estimate of drug-likeness (QED) is 0.628. The van der Waals surface area contributed by atoms with E-state index in [4.69, 9.17) is 16.3 Å². The summed E-state index contributed by atoms with van der Waals surface area (Å²) in [6, 6.07) is 7.80. The van der Waals surface area contributed by atoms with Crippen LogP contribution in [0.3, 0.4) is 0 Å². The Hall–Kier alpha value is -0.550. The van der Waals surface area contributed by atoms with E-state index >= 15 is 0 Å². The van der Waals surface area contributed by atoms with E-state index in [1.165, 1.54) is 15.3 Å². The summed E-state index contributed by atoms with van der Waals surface area (Å²) in [5.41, 5.74) is 1.25. The zero-order valence-corrected chi connectivity index (χ0v) is 15.4. The highest BCUT2D eigenvalue weighted by Crippen LogP contribution is 2.30. The number of aryl methyl sites for hydroxylation is 1. The number of rotatable bonds is 7. The highest BCUT2D eigenvalue weighted by Gasteiger charge is 2.08. The molecular weight excluding hydrogens is 370 g/mol. The van der Waals surface area contributed by atoms with Gasteiger partial charge in [0.1, 0.15) is 12.4 Å². The predicted octanol–water partition coefficient (Wildman–Crippen LogP) is 5.55. The zero-order chi connectivity index (χ0) is 15.2. The van der Waals surface area contributed by atoms with Crippen molar-refractivity contribution in [2.75, 3.05) is 6.54 Å². The van der Waals surface area contributed by atoms with Crippen LogP contribution in [0.15, 0.2) is 28.7 Å². The molecule has 2 rings (SSSR count). The Morgan fingerprint density at radius 1 is 1.33 bits per heavy atom. The number of ether oxygens (including phenoxy) is 1. The highest BCUT2D eigenvalue weighted by atomic mass is 79.9. The lowest BCUT2D eigenvalue weighted by Crippen LogP contribution is -2.12. The van der Waals surface area contributed by atoms with Crippen molar-refractivity contribution in [2.45, 2.75) is 33.4 Å². The summed E-state index contributed by atoms with van der Waals surface area (Å²) in [4.78, 5) is 2.67. The van der Waals surface area contributed by atoms with Crippen LogP contribution in [-0.2, 0) is 13.2 Å². The second-order valence-electron chi connectivity index (χ2n) is 4.83. The van der Waals surface area contributed by atoms with Crippen molar-refractivity contribution >= 4 is 38.9 Å². The van der Waals surface area contributed by atoms with Crippen LogP contribution in [0.2, 0.25) is 5.02 Å². The molecule has 0 atom stereocenters. The molecule has 2 nitrogen and oxygen atoms in total. The van der Waals surface area contributed by atoms with Gasteiger partial charge in [-0.2, -0.15) is 0 Å². The molecule has 114 valence electrons. The third-order valence-corrected chi connectivity index (χ3v) is 5.02. The van der Waals surface area contributed by atoms with E-state index in [1.807, 2.05) is 29.5 Å². The summed E-state index contributed by atoms with van der Waals surface area (Å²) >= 11 is 11.2. The molecule has 0 fully saturated rings. The lowest BCUT2D eigenvalue weighted by Gasteiger charge is -2.08. The second-order valence-corrected chi connectivity index (χ2v) is 7.47. The minimum Gasteiger partial charge on any atom is -0.488 e. The SMILES string of the molecule is CCCNCc1cc(COc2ccc(Cl)cc2Br)c(C)s1. The monoisotopic (exact) mass is 387 g/mol. The molecule has 2 aromatic rings. The molecule has 1 aromatic heterocycles. The molecule has 0 saturated carbocycles. The van der Waals surface area contributed by atoms with Crippen molar-refractivity contribution in [1.29, 1.82) is 0 Å². The van der Waals surface area contributed by atoms with Gasteiger partial charge in [0, 0.05) is 26.9 Å². The Bertz CT molecular complexity index is 600. The molecule has 0 aliphatic heterocycles. The fourth-order valence-electron chi connectivity index (χ4n) is 1.95. The fourth-order valence-corrected chi connectivity index (χ4v) is 3.77. The van der Waals surface area contributed by atoms with E-state index in [0.717, 1.165) is 29.7 Å². The Balaban J connectivity index is 1.96. The van der Waals surface area contributed by atoms with E-state index < -0.39 is 0 Å². The van der Waals surface area contributed by atoms with Crippen molar-refractivity contribution in [1.82, 2.24) is 5.32 Å². The van der Waals surface area contributed by atoms with Crippen molar-refractivity contribution < 1.29 is 4.74 Å². The molecule has 0 aliphatic carbocycles. The van der Waals surface area contributed by atoms with E-state index in [9.17, 15) is 0 Å². The maximum absolute atomic E-state index is 5.93. The summed E-state index contributed by atoms with van der Waals surface area (Å²) in [5.74, 6) is 0.815. The number of thiophene rings is 1. The van der Waals surface area contributed by atoms with Gasteiger partial charge in [-0.1, -0.05) is 18.5 Å². The molecule has 0 spiro atoms. The maximum atomic E-state index is 5.93. The van der Waals surface area contributed by atoms with Crippen LogP contribution in [0.1, 0.15) is 28.7 Å². The van der Waals surface area contributed by atoms with Crippen LogP contribution in [0.4, 0.5) is 0 Å². The van der Waals surface area contributed by atoms with Crippen LogP contribution in [0, 0.1) is 6.92 Å². The minimum absolute atomic E-state index is 0.580. The summed E-state index contributed by atoms with van der Waals surface area (Å²) in [7, 11) is 0. The molecule has 1 heterocycles. The maximum Gasteiger partial charge on any atom is 0.134 e. The molecule has 21 heavy (non-hydrogen) atoms. The lowest BCUT2D eigenvalue weighted by molar-refractivity contribution is 0.304. The molecule has 0 saturated heterocycles. The molecular formula is C16H19BrClNOS. The normalized spacial score (nSPS) is 10.9. The predicted molar refractivity (Wildman–Crippen MR) is 94.5 cm³/mol. The summed E-state index contributed by atoms with van der Waals surface area (Å²) in [5, 5.41) is 4.13. The molecule has 5 heteroatoms. The van der Waals surface area contributed by atoms with Gasteiger partial charge in [-0.05, 0) is 60.1 Å². The minimum atomic E-state index is 0.580. The van der Waals surface area contributed by atoms with Gasteiger partial charge in [-0.25, -0.2) is 0 Å². The first kappa shape index (κ1) is 16.8. The van der Waals surface area contributed by atoms with Crippen LogP contribution in [0.25, 0.3) is 0 Å². The molecule has 0 radical (unpaired) electrons. The Morgan fingerprint density at radius 3 is 2.86 bits per heavy atom. The number of nitrogens with one attached hydrogen (secondary N) is 1. The third kappa shape index (κ3) is 4.99. The molecule has 0 unspecified atom stereocenters. The number of halogens is 2. The molecule has 0 amide bonds. The van der Waals surface area contributed by atoms with E-state index in [2.05, 4.69) is 41.2 Å². The standard InChI is InChI=1S/C16H19BrClNOS/c1-3-6-19-9-14-7-12(11(2)21-14)10-20-16-5-4-13(18)8-15(16)17/h4-5,7-8,19H,3,6,9-10H2,1-2H3. The van der Waals surface area contributed by atoms with Crippen molar-refractivity contribution in [3.8, 4) is 5.75 Å². The van der Waals surface area contributed by atoms with Crippen molar-refractivity contribution in [2.24, 2.45) is 0 Å². The number of hydrogen-bond donors (Lipinski definition) is 1. The van der Waals surface area contributed by atoms with Crippen LogP contribution < -0.4 is 10.1 Å². The average molecular weight is 389 g/mol. The molecule has 1 N–H and O–H groups in total. The summed E-state index contributed by atoms with van der Waals surface area (Å²) < 4.78 is 6.76. The van der Waals surface area contributed by atoms with E-state index in [0.29, 0.717) is 11.6 Å². The van der Waals surface area contributed by atoms with Gasteiger partial charge in [0.05, 0.1) is 4.47 Å². The van der Waals surface area contributed by atoms with Gasteiger partial charge < -0.3 is 10.1 Å². The van der Waals surface area contributed by atoms with Crippen LogP contribution in [0.5, 0.6) is 5.75 Å². The highest BCUT2D eigenvalue weighted by molar-refractivity contribution is 9.10. The summed E-state index contributed by atoms with van der Waals surface area (Å²) in [6.07, 6.45) is 1.16. The first-order valence-electron chi connectivity index (χ1n) is 6.97. The Kier molecular flexibility index (Phi) is 6.55. The first-order chi connectivity index (χ1) is 10.1. The smallest absolute Gasteiger partial charge is 0.134 e. The van der Waals surface area contributed by atoms with Crippen molar-refractivity contribution in [3.05, 3.63) is 49.1 Å². The fraction of sp³-hybridized carbons (Fsp3) is 0.375. The third-order valence-electron chi connectivity index (χ3n) is 3.07. The van der Waals surface area contributed by atoms with E-state index in [-0.39, 0.29) is 0 Å². The van der Waals surface area contributed by atoms with Gasteiger partial charge in [-0.15, -0.1) is 11.3 Å². The average Bonchev–Trinajstić information content (AvgIpc) is 2.79. The lowest BCUT2D eigenvalue weighted by atomic mass is 10.2. The van der Waals surface area contributed by atoms with Gasteiger partial charge in [0.2, 0.25) is 0 Å². The zero-order valence-electron chi connectivity index (χ0n) is 12.2. The topological polar surface area (TPSA) is 21.3 Å².